The number of benzene rings is 2. The number of carbonyl (C=O) groups excluding carboxylic acids is 2. The number of ether oxygens (including phenoxy) is 2. The number of nitrogens with zero attached hydrogens (tertiary/aromatic N) is 2. The highest BCUT2D eigenvalue weighted by Crippen LogP contribution is 2.29. The Hall–Kier alpha value is -2.78. The van der Waals surface area contributed by atoms with Gasteiger partial charge in [0.05, 0.1) is 26.0 Å². The van der Waals surface area contributed by atoms with E-state index < -0.39 is 30.5 Å². The van der Waals surface area contributed by atoms with E-state index in [9.17, 15) is 22.8 Å². The van der Waals surface area contributed by atoms with Crippen molar-refractivity contribution in [2.75, 3.05) is 33.4 Å². The zero-order valence-corrected chi connectivity index (χ0v) is 21.1. The number of morpholine rings is 1. The van der Waals surface area contributed by atoms with Crippen molar-refractivity contribution in [3.05, 3.63) is 64.7 Å². The average Bonchev–Trinajstić information content (AvgIpc) is 2.83. The molecule has 3 rings (SSSR count). The van der Waals surface area contributed by atoms with Crippen LogP contribution in [0.1, 0.15) is 30.4 Å². The predicted octanol–water partition coefficient (Wildman–Crippen LogP) is 5.02. The highest BCUT2D eigenvalue weighted by atomic mass is 35.5. The molecule has 0 aromatic heterocycles. The Balaban J connectivity index is 1.75. The summed E-state index contributed by atoms with van der Waals surface area (Å²) in [6.45, 7) is 2.30. The van der Waals surface area contributed by atoms with Crippen molar-refractivity contribution in [2.24, 2.45) is 0 Å². The van der Waals surface area contributed by atoms with Gasteiger partial charge in [0, 0.05) is 31.6 Å². The Bertz CT molecular complexity index is 1050. The molecular formula is C26H30ClF3N2O4. The summed E-state index contributed by atoms with van der Waals surface area (Å²) in [4.78, 5) is 28.6. The summed E-state index contributed by atoms with van der Waals surface area (Å²) in [5.74, 6) is -0.364. The lowest BCUT2D eigenvalue weighted by molar-refractivity contribution is -0.169. The van der Waals surface area contributed by atoms with Crippen LogP contribution in [0.3, 0.4) is 0 Å². The van der Waals surface area contributed by atoms with Crippen LogP contribution in [-0.2, 0) is 20.9 Å². The van der Waals surface area contributed by atoms with Crippen molar-refractivity contribution in [1.82, 2.24) is 9.80 Å². The first-order chi connectivity index (χ1) is 17.0. The number of amides is 2. The van der Waals surface area contributed by atoms with Gasteiger partial charge in [0.15, 0.2) is 0 Å². The van der Waals surface area contributed by atoms with Gasteiger partial charge in [0.1, 0.15) is 18.0 Å². The Morgan fingerprint density at radius 2 is 1.92 bits per heavy atom. The SMILES string of the molecule is Cc1cc(OC[C@]2(CC(=O)N(C)Cc3ccccc3)CN(C(=O)CCC(F)(F)F)CCO2)ccc1Cl. The van der Waals surface area contributed by atoms with Crippen LogP contribution < -0.4 is 4.74 Å². The number of alkyl halides is 3. The number of halogens is 4. The van der Waals surface area contributed by atoms with Crippen LogP contribution >= 0.6 is 11.6 Å². The van der Waals surface area contributed by atoms with Crippen molar-refractivity contribution in [3.63, 3.8) is 0 Å². The van der Waals surface area contributed by atoms with Gasteiger partial charge >= 0.3 is 6.18 Å². The molecule has 10 heteroatoms. The van der Waals surface area contributed by atoms with E-state index in [1.807, 2.05) is 37.3 Å². The van der Waals surface area contributed by atoms with E-state index in [4.69, 9.17) is 21.1 Å². The number of aryl methyl sites for hydroxylation is 1. The molecule has 2 aromatic rings. The minimum Gasteiger partial charge on any atom is -0.490 e. The highest BCUT2D eigenvalue weighted by Gasteiger charge is 2.42. The van der Waals surface area contributed by atoms with Crippen molar-refractivity contribution in [3.8, 4) is 5.75 Å². The lowest BCUT2D eigenvalue weighted by Crippen LogP contribution is -2.58. The third-order valence-corrected chi connectivity index (χ3v) is 6.44. The maximum absolute atomic E-state index is 13.2. The van der Waals surface area contributed by atoms with Crippen molar-refractivity contribution < 1.29 is 32.2 Å². The first-order valence-electron chi connectivity index (χ1n) is 11.6. The van der Waals surface area contributed by atoms with Crippen LogP contribution in [0.2, 0.25) is 5.02 Å². The molecule has 6 nitrogen and oxygen atoms in total. The number of hydrogen-bond acceptors (Lipinski definition) is 4. The van der Waals surface area contributed by atoms with E-state index in [1.54, 1.807) is 30.1 Å². The van der Waals surface area contributed by atoms with Crippen molar-refractivity contribution >= 4 is 23.4 Å². The number of rotatable bonds is 9. The molecular weight excluding hydrogens is 497 g/mol. The standard InChI is InChI=1S/C26H30ClF3N2O4/c1-19-14-21(8-9-22(19)27)35-18-25(15-24(34)31(2)16-20-6-4-3-5-7-20)17-32(12-13-36-25)23(33)10-11-26(28,29)30/h3-9,14H,10-13,15-18H2,1-2H3/t25-/m0/s1. The largest absolute Gasteiger partial charge is 0.490 e. The van der Waals surface area contributed by atoms with Crippen molar-refractivity contribution in [2.45, 2.75) is 44.5 Å². The van der Waals surface area contributed by atoms with Crippen LogP contribution in [-0.4, -0.2) is 66.7 Å². The fourth-order valence-electron chi connectivity index (χ4n) is 3.99. The zero-order valence-electron chi connectivity index (χ0n) is 20.3. The predicted molar refractivity (Wildman–Crippen MR) is 130 cm³/mol. The van der Waals surface area contributed by atoms with E-state index in [2.05, 4.69) is 0 Å². The molecule has 1 saturated heterocycles. The lowest BCUT2D eigenvalue weighted by atomic mass is 9.96. The molecule has 36 heavy (non-hydrogen) atoms. The van der Waals surface area contributed by atoms with Crippen LogP contribution in [0.5, 0.6) is 5.75 Å². The fraction of sp³-hybridized carbons (Fsp3) is 0.462. The molecule has 0 aliphatic carbocycles. The molecule has 2 amide bonds. The monoisotopic (exact) mass is 526 g/mol. The normalized spacial score (nSPS) is 18.1. The summed E-state index contributed by atoms with van der Waals surface area (Å²) in [7, 11) is 1.67. The molecule has 1 aliphatic heterocycles. The first-order valence-corrected chi connectivity index (χ1v) is 12.0. The maximum atomic E-state index is 13.2. The van der Waals surface area contributed by atoms with Gasteiger partial charge in [-0.15, -0.1) is 0 Å². The molecule has 2 aromatic carbocycles. The first kappa shape index (κ1) is 27.8. The van der Waals surface area contributed by atoms with Gasteiger partial charge in [-0.25, -0.2) is 0 Å². The zero-order chi connectivity index (χ0) is 26.3. The molecule has 0 radical (unpaired) electrons. The van der Waals surface area contributed by atoms with Gasteiger partial charge in [0.25, 0.3) is 0 Å². The minimum absolute atomic E-state index is 0.0544. The van der Waals surface area contributed by atoms with Gasteiger partial charge in [-0.3, -0.25) is 9.59 Å². The molecule has 0 spiro atoms. The van der Waals surface area contributed by atoms with Crippen LogP contribution in [0.15, 0.2) is 48.5 Å². The quantitative estimate of drug-likeness (QED) is 0.460. The highest BCUT2D eigenvalue weighted by molar-refractivity contribution is 6.31. The second kappa shape index (κ2) is 12.0. The Labute approximate surface area is 213 Å². The molecule has 1 atom stereocenters. The Morgan fingerprint density at radius 3 is 2.58 bits per heavy atom. The molecule has 1 fully saturated rings. The van der Waals surface area contributed by atoms with Crippen LogP contribution in [0.4, 0.5) is 13.2 Å². The smallest absolute Gasteiger partial charge is 0.389 e. The second-order valence-corrected chi connectivity index (χ2v) is 9.48. The van der Waals surface area contributed by atoms with Gasteiger partial charge in [0.2, 0.25) is 11.8 Å². The van der Waals surface area contributed by atoms with Gasteiger partial charge < -0.3 is 19.3 Å². The van der Waals surface area contributed by atoms with Gasteiger partial charge in [-0.1, -0.05) is 41.9 Å². The average molecular weight is 527 g/mol. The molecule has 0 saturated carbocycles. The maximum Gasteiger partial charge on any atom is 0.389 e. The third kappa shape index (κ3) is 8.13. The summed E-state index contributed by atoms with van der Waals surface area (Å²) < 4.78 is 50.0. The molecule has 1 aliphatic rings. The molecule has 196 valence electrons. The molecule has 0 N–H and O–H groups in total. The van der Waals surface area contributed by atoms with E-state index in [0.717, 1.165) is 11.1 Å². The van der Waals surface area contributed by atoms with Crippen LogP contribution in [0, 0.1) is 6.92 Å². The summed E-state index contributed by atoms with van der Waals surface area (Å²) in [5.41, 5.74) is 0.529. The summed E-state index contributed by atoms with van der Waals surface area (Å²) in [6, 6.07) is 14.6. The minimum atomic E-state index is -4.43. The number of hydrogen-bond donors (Lipinski definition) is 0. The third-order valence-electron chi connectivity index (χ3n) is 6.02. The lowest BCUT2D eigenvalue weighted by Gasteiger charge is -2.42. The van der Waals surface area contributed by atoms with E-state index in [-0.39, 0.29) is 38.6 Å². The van der Waals surface area contributed by atoms with E-state index in [1.165, 1.54) is 4.90 Å². The molecule has 0 unspecified atom stereocenters. The Morgan fingerprint density at radius 1 is 1.19 bits per heavy atom. The molecule has 1 heterocycles. The summed E-state index contributed by atoms with van der Waals surface area (Å²) >= 11 is 6.09. The van der Waals surface area contributed by atoms with Crippen LogP contribution in [0.25, 0.3) is 0 Å². The number of carbonyl (C=O) groups is 2. The summed E-state index contributed by atoms with van der Waals surface area (Å²) in [5, 5.41) is 0.574. The second-order valence-electron chi connectivity index (χ2n) is 9.07. The molecule has 0 bridgehead atoms. The topological polar surface area (TPSA) is 59.1 Å². The van der Waals surface area contributed by atoms with Gasteiger partial charge in [-0.2, -0.15) is 13.2 Å². The van der Waals surface area contributed by atoms with E-state index in [0.29, 0.717) is 17.3 Å². The van der Waals surface area contributed by atoms with Crippen molar-refractivity contribution in [1.29, 1.82) is 0 Å². The van der Waals surface area contributed by atoms with E-state index >= 15 is 0 Å². The summed E-state index contributed by atoms with van der Waals surface area (Å²) in [6.07, 6.45) is -6.38. The van der Waals surface area contributed by atoms with Gasteiger partial charge in [-0.05, 0) is 36.2 Å². The Kier molecular flexibility index (Phi) is 9.24. The fourth-order valence-corrected chi connectivity index (χ4v) is 4.11.